The van der Waals surface area contributed by atoms with E-state index in [1.165, 1.54) is 103 Å². The van der Waals surface area contributed by atoms with Gasteiger partial charge in [-0.15, -0.1) is 0 Å². The van der Waals surface area contributed by atoms with Gasteiger partial charge in [-0.25, -0.2) is 0 Å². The maximum Gasteiger partial charge on any atom is 2.00 e. The van der Waals surface area contributed by atoms with Crippen molar-refractivity contribution in [3.05, 3.63) is 0 Å². The van der Waals surface area contributed by atoms with Gasteiger partial charge >= 0.3 is 27.3 Å². The molecule has 0 aromatic heterocycles. The molecule has 0 radical (unpaired) electrons. The number of carboxylic acids is 2. The van der Waals surface area contributed by atoms with Crippen molar-refractivity contribution in [3.63, 3.8) is 0 Å². The van der Waals surface area contributed by atoms with E-state index in [1.807, 2.05) is 0 Å². The Morgan fingerprint density at radius 1 is 0.419 bits per heavy atom. The van der Waals surface area contributed by atoms with E-state index in [0.717, 1.165) is 77.0 Å². The average Bonchev–Trinajstić information content (AvgIpc) is 2.94. The Kier molecular flexibility index (Phi) is 43.7. The predicted molar refractivity (Wildman–Crippen MR) is 172 cm³/mol. The first-order valence-electron chi connectivity index (χ1n) is 18.1. The molecule has 0 saturated heterocycles. The zero-order valence-electron chi connectivity index (χ0n) is 28.6. The third-order valence-electron chi connectivity index (χ3n) is 8.08. The number of hydrogen-bond acceptors (Lipinski definition) is 6. The van der Waals surface area contributed by atoms with Crippen LogP contribution in [0.4, 0.5) is 0 Å². The summed E-state index contributed by atoms with van der Waals surface area (Å²) in [5.41, 5.74) is 0. The van der Waals surface area contributed by atoms with Gasteiger partial charge in [-0.3, -0.25) is 0 Å². The monoisotopic (exact) mass is 712 g/mol. The molecule has 2 unspecified atom stereocenters. The van der Waals surface area contributed by atoms with Crippen molar-refractivity contribution in [2.24, 2.45) is 0 Å². The molecule has 0 rings (SSSR count). The number of aliphatic hydroxyl groups excluding tert-OH is 2. The third-order valence-corrected chi connectivity index (χ3v) is 8.08. The van der Waals surface area contributed by atoms with Crippen LogP contribution in [0.3, 0.4) is 0 Å². The largest absolute Gasteiger partial charge is 2.00 e. The van der Waals surface area contributed by atoms with Crippen molar-refractivity contribution in [1.29, 1.82) is 0 Å². The molecule has 43 heavy (non-hydrogen) atoms. The smallest absolute Gasteiger partial charge is 0.550 e. The fourth-order valence-electron chi connectivity index (χ4n) is 5.44. The third kappa shape index (κ3) is 46.3. The van der Waals surface area contributed by atoms with Gasteiger partial charge < -0.3 is 30.0 Å². The fourth-order valence-corrected chi connectivity index (χ4v) is 5.44. The van der Waals surface area contributed by atoms with Gasteiger partial charge in [0.2, 0.25) is 0 Å². The van der Waals surface area contributed by atoms with E-state index in [2.05, 4.69) is 13.8 Å². The van der Waals surface area contributed by atoms with Crippen LogP contribution >= 0.6 is 0 Å². The van der Waals surface area contributed by atoms with E-state index >= 15 is 0 Å². The summed E-state index contributed by atoms with van der Waals surface area (Å²) in [6.45, 7) is 4.24. The topological polar surface area (TPSA) is 121 Å². The van der Waals surface area contributed by atoms with Crippen molar-refractivity contribution >= 4 is 11.9 Å². The first-order chi connectivity index (χ1) is 20.3. The molecule has 0 amide bonds. The van der Waals surface area contributed by atoms with Crippen LogP contribution in [0.5, 0.6) is 0 Å². The molecule has 0 spiro atoms. The second-order valence-corrected chi connectivity index (χ2v) is 12.5. The molecule has 2 N–H and O–H groups in total. The maximum atomic E-state index is 10.2. The van der Waals surface area contributed by atoms with E-state index in [0.29, 0.717) is 0 Å². The molecule has 2 atom stereocenters. The minimum Gasteiger partial charge on any atom is -0.550 e. The number of carbonyl (C=O) groups excluding carboxylic acids is 2. The molecule has 7 heteroatoms. The van der Waals surface area contributed by atoms with Crippen molar-refractivity contribution < 1.29 is 57.3 Å². The van der Waals surface area contributed by atoms with Crippen molar-refractivity contribution in [3.8, 4) is 0 Å². The van der Waals surface area contributed by atoms with E-state index in [-0.39, 0.29) is 52.3 Å². The Balaban J connectivity index is -0.000000727. The van der Waals surface area contributed by atoms with Gasteiger partial charge in [-0.05, 0) is 51.4 Å². The van der Waals surface area contributed by atoms with Gasteiger partial charge in [0.1, 0.15) is 0 Å². The Morgan fingerprint density at radius 2 is 0.628 bits per heavy atom. The Morgan fingerprint density at radius 3 is 0.837 bits per heavy atom. The summed E-state index contributed by atoms with van der Waals surface area (Å²) in [5.74, 6) is -1.84. The summed E-state index contributed by atoms with van der Waals surface area (Å²) in [6.07, 6.45) is 32.5. The first kappa shape index (κ1) is 47.2. The maximum absolute atomic E-state index is 10.2. The second kappa shape index (κ2) is 39.8. The van der Waals surface area contributed by atoms with Crippen LogP contribution in [0.25, 0.3) is 0 Å². The van der Waals surface area contributed by atoms with Crippen LogP contribution in [0.15, 0.2) is 0 Å². The molecule has 6 nitrogen and oxygen atoms in total. The van der Waals surface area contributed by atoms with Crippen LogP contribution in [-0.2, 0) is 36.9 Å². The Labute approximate surface area is 286 Å². The molecular formula is C36H70CdO6. The number of hydrogen-bond donors (Lipinski definition) is 2. The molecule has 0 fully saturated rings. The number of rotatable bonds is 32. The van der Waals surface area contributed by atoms with E-state index < -0.39 is 11.9 Å². The van der Waals surface area contributed by atoms with Crippen LogP contribution in [-0.4, -0.2) is 34.4 Å². The molecule has 0 aliphatic heterocycles. The number of carbonyl (C=O) groups is 2. The van der Waals surface area contributed by atoms with E-state index in [1.54, 1.807) is 0 Å². The summed E-state index contributed by atoms with van der Waals surface area (Å²) < 4.78 is 0. The first-order valence-corrected chi connectivity index (χ1v) is 18.1. The molecule has 252 valence electrons. The van der Waals surface area contributed by atoms with Crippen molar-refractivity contribution in [2.45, 2.75) is 219 Å². The van der Waals surface area contributed by atoms with Crippen LogP contribution in [0.2, 0.25) is 0 Å². The quantitative estimate of drug-likeness (QED) is 0.0540. The zero-order valence-corrected chi connectivity index (χ0v) is 32.6. The fraction of sp³-hybridized carbons (Fsp3) is 0.944. The molecule has 0 saturated carbocycles. The Bertz CT molecular complexity index is 512. The van der Waals surface area contributed by atoms with Gasteiger partial charge in [0, 0.05) is 11.9 Å². The number of unbranched alkanes of at least 4 members (excludes halogenated alkanes) is 20. The molecule has 0 aromatic carbocycles. The summed E-state index contributed by atoms with van der Waals surface area (Å²) in [7, 11) is 0. The van der Waals surface area contributed by atoms with E-state index in [4.69, 9.17) is 0 Å². The molecule has 0 aromatic rings. The molecule has 0 aliphatic rings. The van der Waals surface area contributed by atoms with Gasteiger partial charge in [0.05, 0.1) is 12.2 Å². The standard InChI is InChI=1S/2C18H36O3.Cd/c2*1-2-14-17(19)15-12-10-8-6-4-3-5-7-9-11-13-16-18(20)21;/h2*17,19H,2-16H2,1H3,(H,20,21);/q;;+2/p-2. The summed E-state index contributed by atoms with van der Waals surface area (Å²) >= 11 is 0. The number of aliphatic hydroxyl groups is 2. The summed E-state index contributed by atoms with van der Waals surface area (Å²) in [5, 5.41) is 39.7. The van der Waals surface area contributed by atoms with Gasteiger partial charge in [-0.1, -0.05) is 155 Å². The van der Waals surface area contributed by atoms with Crippen molar-refractivity contribution in [1.82, 2.24) is 0 Å². The molecular weight excluding hydrogens is 641 g/mol. The summed E-state index contributed by atoms with van der Waals surface area (Å²) in [6, 6.07) is 0. The van der Waals surface area contributed by atoms with Gasteiger partial charge in [0.25, 0.3) is 0 Å². The zero-order chi connectivity index (χ0) is 31.5. The second-order valence-electron chi connectivity index (χ2n) is 12.5. The minimum absolute atomic E-state index is 0. The normalized spacial score (nSPS) is 12.2. The van der Waals surface area contributed by atoms with Crippen LogP contribution < -0.4 is 10.2 Å². The van der Waals surface area contributed by atoms with Gasteiger partial charge in [-0.2, -0.15) is 0 Å². The van der Waals surface area contributed by atoms with Crippen molar-refractivity contribution in [2.75, 3.05) is 0 Å². The SMILES string of the molecule is CCCC(O)CCCCCCCCCCCCCC(=O)[O-].CCCC(O)CCCCCCCCCCCCCC(=O)[O-].[Cd+2]. The van der Waals surface area contributed by atoms with E-state index in [9.17, 15) is 30.0 Å². The number of aliphatic carboxylic acids is 2. The predicted octanol–water partition coefficient (Wildman–Crippen LogP) is 7.93. The van der Waals surface area contributed by atoms with Crippen LogP contribution in [0, 0.1) is 0 Å². The van der Waals surface area contributed by atoms with Gasteiger partial charge in [0.15, 0.2) is 0 Å². The molecule has 0 heterocycles. The Hall–Kier alpha value is -0.218. The number of carboxylic acid groups (broad SMARTS) is 2. The average molecular weight is 711 g/mol. The molecule has 0 aliphatic carbocycles. The summed E-state index contributed by atoms with van der Waals surface area (Å²) in [4.78, 5) is 20.5. The minimum atomic E-state index is -0.919. The molecule has 0 bridgehead atoms. The van der Waals surface area contributed by atoms with Crippen LogP contribution in [0.1, 0.15) is 206 Å².